The standard InChI is InChI=1S/C13H11FO2/c1-8-6-11(13(16)12(15)7-8)9-2-4-10(14)5-3-9/h2-7,15-16H,1H3. The zero-order valence-electron chi connectivity index (χ0n) is 8.74. The van der Waals surface area contributed by atoms with Crippen LogP contribution in [-0.4, -0.2) is 10.2 Å². The van der Waals surface area contributed by atoms with E-state index in [2.05, 4.69) is 0 Å². The summed E-state index contributed by atoms with van der Waals surface area (Å²) in [5, 5.41) is 19.2. The van der Waals surface area contributed by atoms with Crippen molar-refractivity contribution in [3.8, 4) is 22.6 Å². The number of benzene rings is 2. The van der Waals surface area contributed by atoms with Crippen LogP contribution >= 0.6 is 0 Å². The third-order valence-corrected chi connectivity index (χ3v) is 2.39. The molecule has 2 aromatic rings. The molecule has 0 bridgehead atoms. The van der Waals surface area contributed by atoms with Gasteiger partial charge >= 0.3 is 0 Å². The molecule has 82 valence electrons. The van der Waals surface area contributed by atoms with Crippen molar-refractivity contribution in [2.75, 3.05) is 0 Å². The molecule has 0 aliphatic rings. The van der Waals surface area contributed by atoms with Crippen LogP contribution in [0, 0.1) is 12.7 Å². The van der Waals surface area contributed by atoms with Crippen LogP contribution in [0.5, 0.6) is 11.5 Å². The lowest BCUT2D eigenvalue weighted by Gasteiger charge is -2.08. The average Bonchev–Trinajstić information content (AvgIpc) is 2.25. The molecule has 2 N–H and O–H groups in total. The van der Waals surface area contributed by atoms with Crippen LogP contribution in [0.1, 0.15) is 5.56 Å². The molecule has 0 radical (unpaired) electrons. The number of aromatic hydroxyl groups is 2. The van der Waals surface area contributed by atoms with Gasteiger partial charge in [-0.1, -0.05) is 12.1 Å². The average molecular weight is 218 g/mol. The minimum atomic E-state index is -0.333. The Bertz CT molecular complexity index is 518. The lowest BCUT2D eigenvalue weighted by Crippen LogP contribution is -1.83. The van der Waals surface area contributed by atoms with Crippen LogP contribution < -0.4 is 0 Å². The molecule has 0 fully saturated rings. The summed E-state index contributed by atoms with van der Waals surface area (Å²) in [7, 11) is 0. The van der Waals surface area contributed by atoms with Gasteiger partial charge in [-0.05, 0) is 42.3 Å². The number of aryl methyl sites for hydroxylation is 1. The van der Waals surface area contributed by atoms with Gasteiger partial charge in [0.1, 0.15) is 5.82 Å². The highest BCUT2D eigenvalue weighted by Crippen LogP contribution is 2.37. The molecule has 0 spiro atoms. The van der Waals surface area contributed by atoms with Gasteiger partial charge in [-0.15, -0.1) is 0 Å². The monoisotopic (exact) mass is 218 g/mol. The minimum Gasteiger partial charge on any atom is -0.504 e. The van der Waals surface area contributed by atoms with E-state index >= 15 is 0 Å². The van der Waals surface area contributed by atoms with Gasteiger partial charge in [0.05, 0.1) is 0 Å². The normalized spacial score (nSPS) is 10.4. The Morgan fingerprint density at radius 2 is 1.62 bits per heavy atom. The molecule has 0 amide bonds. The van der Waals surface area contributed by atoms with Gasteiger partial charge in [-0.25, -0.2) is 4.39 Å². The van der Waals surface area contributed by atoms with Gasteiger partial charge in [-0.2, -0.15) is 0 Å². The van der Waals surface area contributed by atoms with Gasteiger partial charge in [0.2, 0.25) is 0 Å². The molecule has 3 heteroatoms. The fourth-order valence-electron chi connectivity index (χ4n) is 1.61. The summed E-state index contributed by atoms with van der Waals surface area (Å²) in [6, 6.07) is 8.96. The zero-order valence-corrected chi connectivity index (χ0v) is 8.74. The highest BCUT2D eigenvalue weighted by atomic mass is 19.1. The quantitative estimate of drug-likeness (QED) is 0.721. The summed E-state index contributed by atoms with van der Waals surface area (Å²) >= 11 is 0. The van der Waals surface area contributed by atoms with Gasteiger partial charge in [0.25, 0.3) is 0 Å². The van der Waals surface area contributed by atoms with Crippen molar-refractivity contribution in [2.45, 2.75) is 6.92 Å². The Labute approximate surface area is 92.6 Å². The first kappa shape index (κ1) is 10.5. The van der Waals surface area contributed by atoms with E-state index in [1.807, 2.05) is 6.92 Å². The topological polar surface area (TPSA) is 40.5 Å². The van der Waals surface area contributed by atoms with E-state index in [0.717, 1.165) is 5.56 Å². The number of hydrogen-bond acceptors (Lipinski definition) is 2. The lowest BCUT2D eigenvalue weighted by atomic mass is 10.0. The van der Waals surface area contributed by atoms with Crippen LogP contribution in [0.4, 0.5) is 4.39 Å². The summed E-state index contributed by atoms with van der Waals surface area (Å²) in [6.07, 6.45) is 0. The largest absolute Gasteiger partial charge is 0.504 e. The van der Waals surface area contributed by atoms with Gasteiger partial charge in [0.15, 0.2) is 11.5 Å². The van der Waals surface area contributed by atoms with E-state index < -0.39 is 0 Å². The molecule has 16 heavy (non-hydrogen) atoms. The molecule has 0 atom stereocenters. The molecule has 2 aromatic carbocycles. The summed E-state index contributed by atoms with van der Waals surface area (Å²) < 4.78 is 12.7. The third-order valence-electron chi connectivity index (χ3n) is 2.39. The molecule has 0 heterocycles. The molecule has 0 aliphatic heterocycles. The second-order valence-corrected chi connectivity index (χ2v) is 3.69. The zero-order chi connectivity index (χ0) is 11.7. The van der Waals surface area contributed by atoms with E-state index in [0.29, 0.717) is 11.1 Å². The number of phenolic OH excluding ortho intramolecular Hbond substituents is 2. The molecule has 2 rings (SSSR count). The first-order chi connectivity index (χ1) is 7.58. The van der Waals surface area contributed by atoms with Crippen LogP contribution in [-0.2, 0) is 0 Å². The van der Waals surface area contributed by atoms with E-state index in [9.17, 15) is 14.6 Å². The minimum absolute atomic E-state index is 0.167. The summed E-state index contributed by atoms with van der Waals surface area (Å²) in [4.78, 5) is 0. The Morgan fingerprint density at radius 3 is 2.25 bits per heavy atom. The van der Waals surface area contributed by atoms with Crippen molar-refractivity contribution in [2.24, 2.45) is 0 Å². The second-order valence-electron chi connectivity index (χ2n) is 3.69. The van der Waals surface area contributed by atoms with Crippen molar-refractivity contribution in [3.63, 3.8) is 0 Å². The molecule has 0 saturated carbocycles. The summed E-state index contributed by atoms with van der Waals surface area (Å²) in [6.45, 7) is 1.81. The molecule has 0 saturated heterocycles. The maximum Gasteiger partial charge on any atom is 0.165 e. The van der Waals surface area contributed by atoms with Gasteiger partial charge in [0, 0.05) is 5.56 Å². The maximum absolute atomic E-state index is 12.7. The highest BCUT2D eigenvalue weighted by molar-refractivity contribution is 5.73. The number of phenols is 2. The van der Waals surface area contributed by atoms with Crippen molar-refractivity contribution in [1.29, 1.82) is 0 Å². The van der Waals surface area contributed by atoms with E-state index in [1.54, 1.807) is 18.2 Å². The van der Waals surface area contributed by atoms with Crippen LogP contribution in [0.25, 0.3) is 11.1 Å². The predicted molar refractivity (Wildman–Crippen MR) is 59.9 cm³/mol. The number of halogens is 1. The van der Waals surface area contributed by atoms with Crippen molar-refractivity contribution in [3.05, 3.63) is 47.8 Å². The van der Waals surface area contributed by atoms with Crippen LogP contribution in [0.2, 0.25) is 0 Å². The molecular formula is C13H11FO2. The fourth-order valence-corrected chi connectivity index (χ4v) is 1.61. The van der Waals surface area contributed by atoms with Crippen molar-refractivity contribution < 1.29 is 14.6 Å². The second kappa shape index (κ2) is 3.85. The Morgan fingerprint density at radius 1 is 1.00 bits per heavy atom. The van der Waals surface area contributed by atoms with Crippen molar-refractivity contribution >= 4 is 0 Å². The molecule has 0 aliphatic carbocycles. The Hall–Kier alpha value is -2.03. The summed E-state index contributed by atoms with van der Waals surface area (Å²) in [5.74, 6) is -0.684. The third kappa shape index (κ3) is 1.84. The van der Waals surface area contributed by atoms with E-state index in [1.165, 1.54) is 18.2 Å². The first-order valence-corrected chi connectivity index (χ1v) is 4.86. The van der Waals surface area contributed by atoms with Gasteiger partial charge in [-0.3, -0.25) is 0 Å². The fraction of sp³-hybridized carbons (Fsp3) is 0.0769. The number of rotatable bonds is 1. The molecule has 0 unspecified atom stereocenters. The summed E-state index contributed by atoms with van der Waals surface area (Å²) in [5.41, 5.74) is 1.99. The molecule has 2 nitrogen and oxygen atoms in total. The Kier molecular flexibility index (Phi) is 2.52. The first-order valence-electron chi connectivity index (χ1n) is 4.86. The SMILES string of the molecule is Cc1cc(O)c(O)c(-c2ccc(F)cc2)c1. The number of hydrogen-bond donors (Lipinski definition) is 2. The maximum atomic E-state index is 12.7. The predicted octanol–water partition coefficient (Wildman–Crippen LogP) is 3.21. The highest BCUT2D eigenvalue weighted by Gasteiger charge is 2.09. The Balaban J connectivity index is 2.59. The van der Waals surface area contributed by atoms with Crippen LogP contribution in [0.15, 0.2) is 36.4 Å². The van der Waals surface area contributed by atoms with E-state index in [-0.39, 0.29) is 17.3 Å². The smallest absolute Gasteiger partial charge is 0.165 e. The van der Waals surface area contributed by atoms with Crippen LogP contribution in [0.3, 0.4) is 0 Å². The lowest BCUT2D eigenvalue weighted by molar-refractivity contribution is 0.405. The molecule has 0 aromatic heterocycles. The van der Waals surface area contributed by atoms with Gasteiger partial charge < -0.3 is 10.2 Å². The molecular weight excluding hydrogens is 207 g/mol. The van der Waals surface area contributed by atoms with E-state index in [4.69, 9.17) is 0 Å². The van der Waals surface area contributed by atoms with Crippen molar-refractivity contribution in [1.82, 2.24) is 0 Å².